The van der Waals surface area contributed by atoms with Crippen molar-refractivity contribution in [3.63, 3.8) is 0 Å². The highest BCUT2D eigenvalue weighted by molar-refractivity contribution is 6.29. The molecule has 1 heterocycles. The average Bonchev–Trinajstić information content (AvgIpc) is 3.15. The number of hydrogen-bond donors (Lipinski definition) is 1. The maximum absolute atomic E-state index is 12.3. The number of carbonyl (C=O) groups excluding carboxylic acids is 2. The van der Waals surface area contributed by atoms with Gasteiger partial charge in [0.15, 0.2) is 0 Å². The standard InChI is InChI=1S/C21H29ClN2O4/c1-21(10-2-3-11-21)19(25)27-14-15-4-7-17(8-5-15)28-20(26)24-13-16-6-9-18(22)23-12-16/h6,9,12,15,17H,2-5,7-8,10-11,13-14H2,1H3,(H,24,26). The van der Waals surface area contributed by atoms with Gasteiger partial charge in [0.05, 0.1) is 12.0 Å². The van der Waals surface area contributed by atoms with Crippen LogP contribution in [-0.4, -0.2) is 29.8 Å². The Kier molecular flexibility index (Phi) is 7.16. The van der Waals surface area contributed by atoms with Crippen molar-refractivity contribution in [1.82, 2.24) is 10.3 Å². The van der Waals surface area contributed by atoms with E-state index in [9.17, 15) is 9.59 Å². The van der Waals surface area contributed by atoms with Crippen molar-refractivity contribution in [2.24, 2.45) is 11.3 Å². The van der Waals surface area contributed by atoms with Gasteiger partial charge in [0.2, 0.25) is 0 Å². The average molecular weight is 409 g/mol. The fraction of sp³-hybridized carbons (Fsp3) is 0.667. The van der Waals surface area contributed by atoms with Crippen LogP contribution in [0.3, 0.4) is 0 Å². The monoisotopic (exact) mass is 408 g/mol. The van der Waals surface area contributed by atoms with Crippen LogP contribution >= 0.6 is 11.6 Å². The van der Waals surface area contributed by atoms with Crippen LogP contribution < -0.4 is 5.32 Å². The number of nitrogens with zero attached hydrogens (tertiary/aromatic N) is 1. The second-order valence-corrected chi connectivity index (χ2v) is 8.64. The van der Waals surface area contributed by atoms with Crippen LogP contribution in [0.4, 0.5) is 4.79 Å². The number of halogens is 1. The van der Waals surface area contributed by atoms with Gasteiger partial charge in [0.1, 0.15) is 11.3 Å². The molecule has 0 atom stereocenters. The zero-order valence-electron chi connectivity index (χ0n) is 16.4. The summed E-state index contributed by atoms with van der Waals surface area (Å²) in [4.78, 5) is 28.3. The van der Waals surface area contributed by atoms with Crippen molar-refractivity contribution in [2.75, 3.05) is 6.61 Å². The van der Waals surface area contributed by atoms with E-state index >= 15 is 0 Å². The summed E-state index contributed by atoms with van der Waals surface area (Å²) in [7, 11) is 0. The molecule has 3 rings (SSSR count). The predicted octanol–water partition coefficient (Wildman–Crippen LogP) is 4.64. The second kappa shape index (κ2) is 9.59. The minimum absolute atomic E-state index is 0.0422. The molecule has 2 fully saturated rings. The maximum Gasteiger partial charge on any atom is 0.407 e. The summed E-state index contributed by atoms with van der Waals surface area (Å²) in [6.45, 7) is 2.86. The molecule has 0 spiro atoms. The fourth-order valence-corrected chi connectivity index (χ4v) is 4.13. The summed E-state index contributed by atoms with van der Waals surface area (Å²) < 4.78 is 11.1. The molecule has 2 aliphatic rings. The topological polar surface area (TPSA) is 77.5 Å². The molecule has 6 nitrogen and oxygen atoms in total. The van der Waals surface area contributed by atoms with Crippen LogP contribution in [0, 0.1) is 11.3 Å². The van der Waals surface area contributed by atoms with E-state index in [1.54, 1.807) is 12.3 Å². The SMILES string of the molecule is CC1(C(=O)OCC2CCC(OC(=O)NCc3ccc(Cl)nc3)CC2)CCCC1. The summed E-state index contributed by atoms with van der Waals surface area (Å²) in [5.41, 5.74) is 0.584. The highest BCUT2D eigenvalue weighted by atomic mass is 35.5. The van der Waals surface area contributed by atoms with Gasteiger partial charge < -0.3 is 14.8 Å². The smallest absolute Gasteiger partial charge is 0.407 e. The predicted molar refractivity (Wildman–Crippen MR) is 106 cm³/mol. The first-order valence-electron chi connectivity index (χ1n) is 10.2. The van der Waals surface area contributed by atoms with E-state index < -0.39 is 6.09 Å². The summed E-state index contributed by atoms with van der Waals surface area (Å²) in [6, 6.07) is 3.50. The number of alkyl carbamates (subject to hydrolysis) is 1. The molecule has 1 aromatic heterocycles. The number of aromatic nitrogens is 1. The van der Waals surface area contributed by atoms with Crippen molar-refractivity contribution >= 4 is 23.7 Å². The van der Waals surface area contributed by atoms with E-state index in [-0.39, 0.29) is 17.5 Å². The highest BCUT2D eigenvalue weighted by Gasteiger charge is 2.38. The number of rotatable bonds is 6. The Labute approximate surface area is 171 Å². The van der Waals surface area contributed by atoms with Crippen molar-refractivity contribution in [3.8, 4) is 0 Å². The minimum atomic E-state index is -0.418. The van der Waals surface area contributed by atoms with E-state index in [4.69, 9.17) is 21.1 Å². The number of hydrogen-bond acceptors (Lipinski definition) is 5. The number of esters is 1. The Hall–Kier alpha value is -1.82. The van der Waals surface area contributed by atoms with Gasteiger partial charge in [-0.25, -0.2) is 9.78 Å². The molecule has 0 bridgehead atoms. The third-order valence-corrected chi connectivity index (χ3v) is 6.17. The zero-order valence-corrected chi connectivity index (χ0v) is 17.2. The molecular formula is C21H29ClN2O4. The Bertz CT molecular complexity index is 665. The lowest BCUT2D eigenvalue weighted by molar-refractivity contribution is -0.156. The van der Waals surface area contributed by atoms with Gasteiger partial charge in [-0.3, -0.25) is 4.79 Å². The molecule has 1 amide bonds. The molecule has 2 saturated carbocycles. The van der Waals surface area contributed by atoms with E-state index in [1.807, 2.05) is 13.0 Å². The fourth-order valence-electron chi connectivity index (χ4n) is 4.02. The molecule has 1 N–H and O–H groups in total. The van der Waals surface area contributed by atoms with Gasteiger partial charge in [-0.1, -0.05) is 30.5 Å². The minimum Gasteiger partial charge on any atom is -0.465 e. The Morgan fingerprint density at radius 2 is 1.93 bits per heavy atom. The molecular weight excluding hydrogens is 380 g/mol. The normalized spacial score (nSPS) is 23.8. The molecule has 0 aliphatic heterocycles. The largest absolute Gasteiger partial charge is 0.465 e. The van der Waals surface area contributed by atoms with E-state index in [0.29, 0.717) is 24.2 Å². The number of carbonyl (C=O) groups is 2. The van der Waals surface area contributed by atoms with Crippen LogP contribution in [0.2, 0.25) is 5.15 Å². The molecule has 1 aromatic rings. The molecule has 0 saturated heterocycles. The quantitative estimate of drug-likeness (QED) is 0.547. The van der Waals surface area contributed by atoms with E-state index in [0.717, 1.165) is 56.9 Å². The van der Waals surface area contributed by atoms with Crippen molar-refractivity contribution in [2.45, 2.75) is 70.9 Å². The first-order valence-corrected chi connectivity index (χ1v) is 10.5. The van der Waals surface area contributed by atoms with Crippen molar-refractivity contribution in [3.05, 3.63) is 29.0 Å². The van der Waals surface area contributed by atoms with E-state index in [1.165, 1.54) is 0 Å². The van der Waals surface area contributed by atoms with Crippen LogP contribution in [-0.2, 0) is 20.8 Å². The van der Waals surface area contributed by atoms with Crippen molar-refractivity contribution < 1.29 is 19.1 Å². The number of amides is 1. The number of pyridine rings is 1. The van der Waals surface area contributed by atoms with Gasteiger partial charge in [0, 0.05) is 12.7 Å². The number of nitrogens with one attached hydrogen (secondary N) is 1. The van der Waals surface area contributed by atoms with Gasteiger partial charge in [-0.05, 0) is 63.0 Å². The Balaban J connectivity index is 1.32. The zero-order chi connectivity index (χ0) is 20.0. The highest BCUT2D eigenvalue weighted by Crippen LogP contribution is 2.39. The van der Waals surface area contributed by atoms with Crippen LogP contribution in [0.1, 0.15) is 63.9 Å². The first-order chi connectivity index (χ1) is 13.4. The van der Waals surface area contributed by atoms with Gasteiger partial charge in [-0.15, -0.1) is 0 Å². The molecule has 28 heavy (non-hydrogen) atoms. The lowest BCUT2D eigenvalue weighted by Gasteiger charge is -2.29. The summed E-state index contributed by atoms with van der Waals surface area (Å²) in [5.74, 6) is 0.316. The molecule has 0 aromatic carbocycles. The molecule has 0 radical (unpaired) electrons. The van der Waals surface area contributed by atoms with Gasteiger partial charge in [0.25, 0.3) is 0 Å². The summed E-state index contributed by atoms with van der Waals surface area (Å²) in [5, 5.41) is 3.16. The second-order valence-electron chi connectivity index (χ2n) is 8.26. The maximum atomic E-state index is 12.3. The number of ether oxygens (including phenoxy) is 2. The Morgan fingerprint density at radius 1 is 1.21 bits per heavy atom. The summed E-state index contributed by atoms with van der Waals surface area (Å²) >= 11 is 5.74. The molecule has 154 valence electrons. The van der Waals surface area contributed by atoms with Crippen LogP contribution in [0.5, 0.6) is 0 Å². The van der Waals surface area contributed by atoms with Crippen molar-refractivity contribution in [1.29, 1.82) is 0 Å². The van der Waals surface area contributed by atoms with E-state index in [2.05, 4.69) is 10.3 Å². The molecule has 7 heteroatoms. The van der Waals surface area contributed by atoms with Crippen LogP contribution in [0.25, 0.3) is 0 Å². The third kappa shape index (κ3) is 5.84. The van der Waals surface area contributed by atoms with Crippen LogP contribution in [0.15, 0.2) is 18.3 Å². The third-order valence-electron chi connectivity index (χ3n) is 5.94. The van der Waals surface area contributed by atoms with Gasteiger partial charge in [-0.2, -0.15) is 0 Å². The summed E-state index contributed by atoms with van der Waals surface area (Å²) in [6.07, 6.45) is 8.65. The lowest BCUT2D eigenvalue weighted by atomic mass is 9.87. The lowest BCUT2D eigenvalue weighted by Crippen LogP contribution is -2.33. The van der Waals surface area contributed by atoms with Gasteiger partial charge >= 0.3 is 12.1 Å². The molecule has 2 aliphatic carbocycles. The first kappa shape index (κ1) is 20.9. The Morgan fingerprint density at radius 3 is 2.57 bits per heavy atom. The molecule has 0 unspecified atom stereocenters.